The third-order valence-electron chi connectivity index (χ3n) is 5.41. The number of pyridine rings is 3. The molecule has 1 saturated heterocycles. The molecule has 0 saturated carbocycles. The highest BCUT2D eigenvalue weighted by molar-refractivity contribution is 5.98. The number of carbonyl (C=O) groups is 1. The second-order valence-corrected chi connectivity index (χ2v) is 7.60. The molecule has 5 heterocycles. The third kappa shape index (κ3) is 4.15. The molecule has 8 nitrogen and oxygen atoms in total. The Kier molecular flexibility index (Phi) is 5.13. The van der Waals surface area contributed by atoms with E-state index in [2.05, 4.69) is 31.0 Å². The number of Topliss-reactive ketones (excluding diaryl/α,β-unsaturated/α-hetero) is 1. The van der Waals surface area contributed by atoms with Crippen LogP contribution in [0.1, 0.15) is 16.1 Å². The van der Waals surface area contributed by atoms with Crippen molar-refractivity contribution < 1.29 is 9.53 Å². The molecule has 8 heteroatoms. The zero-order valence-corrected chi connectivity index (χ0v) is 17.2. The number of ketones is 1. The van der Waals surface area contributed by atoms with E-state index in [1.54, 1.807) is 23.1 Å². The molecule has 4 aromatic heterocycles. The van der Waals surface area contributed by atoms with Gasteiger partial charge in [0.05, 0.1) is 37.5 Å². The number of carbonyl (C=O) groups excluding carboxylic acids is 1. The van der Waals surface area contributed by atoms with Gasteiger partial charge in [-0.2, -0.15) is 5.10 Å². The average Bonchev–Trinajstić information content (AvgIpc) is 3.25. The second kappa shape index (κ2) is 8.23. The van der Waals surface area contributed by atoms with E-state index in [-0.39, 0.29) is 12.2 Å². The summed E-state index contributed by atoms with van der Waals surface area (Å²) in [6.07, 6.45) is 9.20. The Morgan fingerprint density at radius 2 is 1.90 bits per heavy atom. The monoisotopic (exact) mass is 414 g/mol. The number of ether oxygens (including phenoxy) is 1. The summed E-state index contributed by atoms with van der Waals surface area (Å²) < 4.78 is 7.16. The summed E-state index contributed by atoms with van der Waals surface area (Å²) >= 11 is 0. The minimum Gasteiger partial charge on any atom is -0.378 e. The molecule has 156 valence electrons. The lowest BCUT2D eigenvalue weighted by Gasteiger charge is -2.27. The number of hydrogen-bond acceptors (Lipinski definition) is 7. The van der Waals surface area contributed by atoms with Crippen molar-refractivity contribution in [2.24, 2.45) is 7.05 Å². The van der Waals surface area contributed by atoms with Gasteiger partial charge in [0, 0.05) is 66.5 Å². The van der Waals surface area contributed by atoms with Gasteiger partial charge in [-0.3, -0.25) is 19.4 Å². The van der Waals surface area contributed by atoms with Crippen molar-refractivity contribution in [1.82, 2.24) is 24.7 Å². The van der Waals surface area contributed by atoms with Crippen LogP contribution in [0.5, 0.6) is 0 Å². The number of morpholine rings is 1. The molecule has 4 aromatic rings. The van der Waals surface area contributed by atoms with Gasteiger partial charge >= 0.3 is 0 Å². The summed E-state index contributed by atoms with van der Waals surface area (Å²) in [5, 5.41) is 5.17. The Balaban J connectivity index is 1.37. The molecule has 0 amide bonds. The molecule has 5 rings (SSSR count). The predicted molar refractivity (Wildman–Crippen MR) is 117 cm³/mol. The minimum absolute atomic E-state index is 0.0140. The van der Waals surface area contributed by atoms with E-state index in [1.165, 1.54) is 0 Å². The number of anilines is 1. The van der Waals surface area contributed by atoms with E-state index >= 15 is 0 Å². The molecule has 0 N–H and O–H groups in total. The quantitative estimate of drug-likeness (QED) is 0.464. The highest BCUT2D eigenvalue weighted by Crippen LogP contribution is 2.23. The van der Waals surface area contributed by atoms with Gasteiger partial charge in [0.1, 0.15) is 5.82 Å². The van der Waals surface area contributed by atoms with E-state index in [4.69, 9.17) is 4.74 Å². The number of rotatable bonds is 5. The fraction of sp³-hybridized carbons (Fsp3) is 0.261. The summed E-state index contributed by atoms with van der Waals surface area (Å²) in [5.41, 5.74) is 4.13. The van der Waals surface area contributed by atoms with Gasteiger partial charge in [-0.1, -0.05) is 0 Å². The molecule has 0 radical (unpaired) electrons. The summed E-state index contributed by atoms with van der Waals surface area (Å²) in [7, 11) is 1.88. The lowest BCUT2D eigenvalue weighted by atomic mass is 10.0. The van der Waals surface area contributed by atoms with Crippen molar-refractivity contribution in [2.45, 2.75) is 6.42 Å². The first-order valence-corrected chi connectivity index (χ1v) is 10.2. The van der Waals surface area contributed by atoms with Gasteiger partial charge in [-0.25, -0.2) is 4.98 Å². The standard InChI is InChI=1S/C23H22N6O2/c1-28-15-19(13-27-28)18-8-17-9-20(25-14-21(17)26-12-18)11-22(30)16-2-3-24-23(10-16)29-4-6-31-7-5-29/h2-3,8-10,12-15H,4-7,11H2,1H3. The van der Waals surface area contributed by atoms with Crippen LogP contribution < -0.4 is 4.90 Å². The Morgan fingerprint density at radius 1 is 1.03 bits per heavy atom. The summed E-state index contributed by atoms with van der Waals surface area (Å²) in [4.78, 5) is 28.4. The van der Waals surface area contributed by atoms with Crippen LogP contribution in [0, 0.1) is 0 Å². The maximum atomic E-state index is 12.9. The number of nitrogens with zero attached hydrogens (tertiary/aromatic N) is 6. The molecule has 0 spiro atoms. The van der Waals surface area contributed by atoms with Gasteiger partial charge in [-0.05, 0) is 24.3 Å². The van der Waals surface area contributed by atoms with Crippen LogP contribution in [0.25, 0.3) is 22.0 Å². The lowest BCUT2D eigenvalue weighted by molar-refractivity contribution is 0.0992. The van der Waals surface area contributed by atoms with Crippen LogP contribution in [0.15, 0.2) is 55.2 Å². The van der Waals surface area contributed by atoms with Crippen molar-refractivity contribution in [1.29, 1.82) is 0 Å². The normalized spacial score (nSPS) is 14.2. The summed E-state index contributed by atoms with van der Waals surface area (Å²) in [5.74, 6) is 0.825. The maximum absolute atomic E-state index is 12.9. The first kappa shape index (κ1) is 19.3. The van der Waals surface area contributed by atoms with Gasteiger partial charge in [0.2, 0.25) is 0 Å². The van der Waals surface area contributed by atoms with Crippen LogP contribution in [0.2, 0.25) is 0 Å². The first-order valence-electron chi connectivity index (χ1n) is 10.2. The smallest absolute Gasteiger partial charge is 0.169 e. The van der Waals surface area contributed by atoms with Gasteiger partial charge in [0.15, 0.2) is 5.78 Å². The largest absolute Gasteiger partial charge is 0.378 e. The number of aromatic nitrogens is 5. The Labute approximate surface area is 179 Å². The highest BCUT2D eigenvalue weighted by atomic mass is 16.5. The number of fused-ring (bicyclic) bond motifs is 1. The van der Waals surface area contributed by atoms with Crippen LogP contribution in [-0.2, 0) is 18.2 Å². The van der Waals surface area contributed by atoms with Crippen molar-refractivity contribution in [3.63, 3.8) is 0 Å². The van der Waals surface area contributed by atoms with Crippen LogP contribution in [-0.4, -0.2) is 56.8 Å². The van der Waals surface area contributed by atoms with Crippen LogP contribution in [0.4, 0.5) is 5.82 Å². The number of aryl methyl sites for hydroxylation is 1. The Bertz CT molecular complexity index is 1250. The van der Waals surface area contributed by atoms with Crippen LogP contribution >= 0.6 is 0 Å². The zero-order valence-electron chi connectivity index (χ0n) is 17.2. The van der Waals surface area contributed by atoms with E-state index in [9.17, 15) is 4.79 Å². The molecule has 1 fully saturated rings. The van der Waals surface area contributed by atoms with Gasteiger partial charge < -0.3 is 9.64 Å². The van der Waals surface area contributed by atoms with Crippen molar-refractivity contribution in [2.75, 3.05) is 31.2 Å². The molecule has 0 aliphatic carbocycles. The SMILES string of the molecule is Cn1cc(-c2cnc3cnc(CC(=O)c4ccnc(N5CCOCC5)c4)cc3c2)cn1. The van der Waals surface area contributed by atoms with E-state index in [0.29, 0.717) is 24.5 Å². The molecular weight excluding hydrogens is 392 g/mol. The summed E-state index contributed by atoms with van der Waals surface area (Å²) in [6.45, 7) is 2.91. The number of hydrogen-bond donors (Lipinski definition) is 0. The molecule has 0 atom stereocenters. The van der Waals surface area contributed by atoms with Crippen molar-refractivity contribution in [3.8, 4) is 11.1 Å². The van der Waals surface area contributed by atoms with E-state index < -0.39 is 0 Å². The molecule has 1 aliphatic rings. The molecule has 0 aromatic carbocycles. The van der Waals surface area contributed by atoms with Crippen LogP contribution in [0.3, 0.4) is 0 Å². The molecule has 31 heavy (non-hydrogen) atoms. The molecule has 0 unspecified atom stereocenters. The fourth-order valence-electron chi connectivity index (χ4n) is 3.73. The van der Waals surface area contributed by atoms with E-state index in [1.807, 2.05) is 37.8 Å². The maximum Gasteiger partial charge on any atom is 0.169 e. The molecule has 1 aliphatic heterocycles. The second-order valence-electron chi connectivity index (χ2n) is 7.60. The lowest BCUT2D eigenvalue weighted by Crippen LogP contribution is -2.36. The summed E-state index contributed by atoms with van der Waals surface area (Å²) in [6, 6.07) is 7.61. The predicted octanol–water partition coefficient (Wildman–Crippen LogP) is 2.69. The molecule has 0 bridgehead atoms. The van der Waals surface area contributed by atoms with Gasteiger partial charge in [0.25, 0.3) is 0 Å². The topological polar surface area (TPSA) is 86.0 Å². The van der Waals surface area contributed by atoms with Gasteiger partial charge in [-0.15, -0.1) is 0 Å². The Hall–Kier alpha value is -3.65. The third-order valence-corrected chi connectivity index (χ3v) is 5.41. The fourth-order valence-corrected chi connectivity index (χ4v) is 3.73. The highest BCUT2D eigenvalue weighted by Gasteiger charge is 2.15. The molecular formula is C23H22N6O2. The van der Waals surface area contributed by atoms with E-state index in [0.717, 1.165) is 40.9 Å². The average molecular weight is 414 g/mol. The first-order chi connectivity index (χ1) is 15.2. The zero-order chi connectivity index (χ0) is 21.2. The van der Waals surface area contributed by atoms with Crippen molar-refractivity contribution in [3.05, 3.63) is 66.5 Å². The minimum atomic E-state index is 0.0140. The van der Waals surface area contributed by atoms with Crippen molar-refractivity contribution >= 4 is 22.5 Å². The Morgan fingerprint density at radius 3 is 2.71 bits per heavy atom.